The number of imide groups is 1. The molecular formula is C15H12N2O4. The Morgan fingerprint density at radius 1 is 1.10 bits per heavy atom. The van der Waals surface area contributed by atoms with Crippen molar-refractivity contribution in [1.29, 1.82) is 0 Å². The first-order valence-electron chi connectivity index (χ1n) is 6.80. The number of benzene rings is 1. The number of ether oxygens (including phenoxy) is 1. The molecule has 2 heterocycles. The summed E-state index contributed by atoms with van der Waals surface area (Å²) >= 11 is 0. The molecule has 2 aliphatic heterocycles. The highest BCUT2D eigenvalue weighted by Crippen LogP contribution is 2.47. The number of nitrogens with one attached hydrogen (secondary N) is 2. The Labute approximate surface area is 120 Å². The number of urea groups is 1. The average Bonchev–Trinajstić information content (AvgIpc) is 2.97. The van der Waals surface area contributed by atoms with E-state index >= 15 is 0 Å². The van der Waals surface area contributed by atoms with Gasteiger partial charge in [0.05, 0.1) is 5.57 Å². The molecule has 0 unspecified atom stereocenters. The third-order valence-corrected chi connectivity index (χ3v) is 4.24. The molecule has 0 saturated carbocycles. The second-order valence-electron chi connectivity index (χ2n) is 5.37. The second-order valence-corrected chi connectivity index (χ2v) is 5.37. The van der Waals surface area contributed by atoms with Crippen molar-refractivity contribution >= 4 is 17.9 Å². The Balaban J connectivity index is 1.81. The van der Waals surface area contributed by atoms with Crippen molar-refractivity contribution in [3.05, 3.63) is 46.7 Å². The van der Waals surface area contributed by atoms with E-state index in [-0.39, 0.29) is 23.3 Å². The van der Waals surface area contributed by atoms with E-state index in [0.29, 0.717) is 0 Å². The molecule has 0 bridgehead atoms. The zero-order valence-corrected chi connectivity index (χ0v) is 11.0. The Morgan fingerprint density at radius 3 is 2.67 bits per heavy atom. The summed E-state index contributed by atoms with van der Waals surface area (Å²) in [5.74, 6) is -1.27. The lowest BCUT2D eigenvalue weighted by atomic mass is 9.79. The van der Waals surface area contributed by atoms with Gasteiger partial charge in [0, 0.05) is 5.92 Å². The van der Waals surface area contributed by atoms with E-state index < -0.39 is 17.9 Å². The van der Waals surface area contributed by atoms with Crippen LogP contribution in [0.15, 0.2) is 35.5 Å². The van der Waals surface area contributed by atoms with Crippen LogP contribution in [0.1, 0.15) is 23.7 Å². The van der Waals surface area contributed by atoms with Gasteiger partial charge in [0.25, 0.3) is 5.91 Å². The summed E-state index contributed by atoms with van der Waals surface area (Å²) < 4.78 is 5.47. The van der Waals surface area contributed by atoms with Crippen LogP contribution < -0.4 is 10.6 Å². The summed E-state index contributed by atoms with van der Waals surface area (Å²) in [4.78, 5) is 35.2. The minimum Gasteiger partial charge on any atom is -0.453 e. The molecule has 6 nitrogen and oxygen atoms in total. The standard InChI is InChI=1S/C15H12N2O4/c18-13-11(16-15(20)17-13)10-9-6-5-7-3-1-2-4-8(7)12(9)21-14(10)19/h1-4,9,12H,5-6H2,(H2,16,17,18,20)/b11-10-/t9-,12-/m1/s1. The normalized spacial score (nSPS) is 30.4. The maximum atomic E-state index is 12.2. The lowest BCUT2D eigenvalue weighted by Crippen LogP contribution is -2.22. The molecule has 2 fully saturated rings. The Hall–Kier alpha value is -2.63. The van der Waals surface area contributed by atoms with Gasteiger partial charge in [0.15, 0.2) is 0 Å². The Bertz CT molecular complexity index is 722. The van der Waals surface area contributed by atoms with Crippen LogP contribution in [0.2, 0.25) is 0 Å². The highest BCUT2D eigenvalue weighted by Gasteiger charge is 2.47. The van der Waals surface area contributed by atoms with Gasteiger partial charge in [-0.25, -0.2) is 9.59 Å². The van der Waals surface area contributed by atoms with Crippen LogP contribution >= 0.6 is 0 Å². The number of carbonyl (C=O) groups excluding carboxylic acids is 3. The minimum absolute atomic E-state index is 0.0388. The SMILES string of the molecule is O=C1NC(=O)/C(=C2/C(=O)O[C@@H]3c4ccccc4CC[C@H]23)N1. The van der Waals surface area contributed by atoms with Crippen LogP contribution in [0, 0.1) is 5.92 Å². The van der Waals surface area contributed by atoms with Crippen LogP contribution in [-0.2, 0) is 20.7 Å². The van der Waals surface area contributed by atoms with Crippen LogP contribution in [0.5, 0.6) is 0 Å². The number of fused-ring (bicyclic) bond motifs is 3. The van der Waals surface area contributed by atoms with Gasteiger partial charge in [-0.15, -0.1) is 0 Å². The molecule has 3 amide bonds. The van der Waals surface area contributed by atoms with Gasteiger partial charge in [-0.1, -0.05) is 24.3 Å². The Morgan fingerprint density at radius 2 is 1.90 bits per heavy atom. The molecule has 21 heavy (non-hydrogen) atoms. The van der Waals surface area contributed by atoms with Gasteiger partial charge in [-0.05, 0) is 24.0 Å². The number of esters is 1. The first-order valence-corrected chi connectivity index (χ1v) is 6.80. The summed E-state index contributed by atoms with van der Waals surface area (Å²) in [6.45, 7) is 0. The van der Waals surface area contributed by atoms with E-state index in [1.165, 1.54) is 0 Å². The van der Waals surface area contributed by atoms with Crippen LogP contribution in [0.25, 0.3) is 0 Å². The van der Waals surface area contributed by atoms with Crippen LogP contribution in [0.3, 0.4) is 0 Å². The van der Waals surface area contributed by atoms with Crippen molar-refractivity contribution in [2.75, 3.05) is 0 Å². The summed E-state index contributed by atoms with van der Waals surface area (Å²) in [6, 6.07) is 7.23. The first-order chi connectivity index (χ1) is 10.1. The molecule has 0 radical (unpaired) electrons. The summed E-state index contributed by atoms with van der Waals surface area (Å²) in [6.07, 6.45) is 1.17. The highest BCUT2D eigenvalue weighted by atomic mass is 16.6. The second kappa shape index (κ2) is 4.18. The lowest BCUT2D eigenvalue weighted by Gasteiger charge is -2.26. The van der Waals surface area contributed by atoms with Crippen LogP contribution in [0.4, 0.5) is 4.79 Å². The quantitative estimate of drug-likeness (QED) is 0.422. The third-order valence-electron chi connectivity index (χ3n) is 4.24. The minimum atomic E-state index is -0.602. The van der Waals surface area contributed by atoms with E-state index in [1.807, 2.05) is 24.3 Å². The van der Waals surface area contributed by atoms with E-state index in [2.05, 4.69) is 10.6 Å². The molecule has 4 rings (SSSR count). The molecular weight excluding hydrogens is 272 g/mol. The molecule has 2 N–H and O–H groups in total. The molecule has 0 spiro atoms. The van der Waals surface area contributed by atoms with Gasteiger partial charge in [-0.3, -0.25) is 10.1 Å². The van der Waals surface area contributed by atoms with E-state index in [0.717, 1.165) is 24.0 Å². The number of amides is 3. The van der Waals surface area contributed by atoms with Gasteiger partial charge in [-0.2, -0.15) is 0 Å². The molecule has 2 saturated heterocycles. The lowest BCUT2D eigenvalue weighted by molar-refractivity contribution is -0.139. The van der Waals surface area contributed by atoms with Gasteiger partial charge in [0.1, 0.15) is 11.8 Å². The largest absolute Gasteiger partial charge is 0.453 e. The number of hydrogen-bond donors (Lipinski definition) is 2. The van der Waals surface area contributed by atoms with E-state index in [4.69, 9.17) is 4.74 Å². The van der Waals surface area contributed by atoms with Crippen molar-refractivity contribution in [3.63, 3.8) is 0 Å². The van der Waals surface area contributed by atoms with E-state index in [9.17, 15) is 14.4 Å². The van der Waals surface area contributed by atoms with Crippen molar-refractivity contribution in [3.8, 4) is 0 Å². The predicted octanol–water partition coefficient (Wildman–Crippen LogP) is 0.940. The van der Waals surface area contributed by atoms with E-state index in [1.54, 1.807) is 0 Å². The third kappa shape index (κ3) is 1.68. The molecule has 6 heteroatoms. The fraction of sp³-hybridized carbons (Fsp3) is 0.267. The number of hydrogen-bond acceptors (Lipinski definition) is 4. The summed E-state index contributed by atoms with van der Waals surface area (Å²) in [5.41, 5.74) is 2.48. The zero-order chi connectivity index (χ0) is 14.6. The number of carbonyl (C=O) groups is 3. The zero-order valence-electron chi connectivity index (χ0n) is 11.0. The smallest absolute Gasteiger partial charge is 0.337 e. The summed E-state index contributed by atoms with van der Waals surface area (Å²) in [7, 11) is 0. The van der Waals surface area contributed by atoms with Gasteiger partial charge >= 0.3 is 12.0 Å². The van der Waals surface area contributed by atoms with Crippen molar-refractivity contribution in [2.24, 2.45) is 5.92 Å². The summed E-state index contributed by atoms with van der Waals surface area (Å²) in [5, 5.41) is 4.54. The maximum absolute atomic E-state index is 12.2. The molecule has 3 aliphatic rings. The van der Waals surface area contributed by atoms with Crippen molar-refractivity contribution in [2.45, 2.75) is 18.9 Å². The topological polar surface area (TPSA) is 84.5 Å². The fourth-order valence-electron chi connectivity index (χ4n) is 3.33. The first kappa shape index (κ1) is 12.1. The van der Waals surface area contributed by atoms with Crippen molar-refractivity contribution < 1.29 is 19.1 Å². The highest BCUT2D eigenvalue weighted by molar-refractivity contribution is 6.15. The van der Waals surface area contributed by atoms with Gasteiger partial charge < -0.3 is 10.1 Å². The molecule has 0 aromatic heterocycles. The molecule has 106 valence electrons. The maximum Gasteiger partial charge on any atom is 0.337 e. The monoisotopic (exact) mass is 284 g/mol. The molecule has 1 aromatic rings. The Kier molecular flexibility index (Phi) is 2.42. The molecule has 2 atom stereocenters. The van der Waals surface area contributed by atoms with Gasteiger partial charge in [0.2, 0.25) is 0 Å². The predicted molar refractivity (Wildman–Crippen MR) is 70.8 cm³/mol. The molecule has 1 aliphatic carbocycles. The average molecular weight is 284 g/mol. The number of aryl methyl sites for hydroxylation is 1. The van der Waals surface area contributed by atoms with Crippen molar-refractivity contribution in [1.82, 2.24) is 10.6 Å². The molecule has 1 aromatic carbocycles. The number of rotatable bonds is 0. The fourth-order valence-corrected chi connectivity index (χ4v) is 3.33. The van der Waals surface area contributed by atoms with Crippen LogP contribution in [-0.4, -0.2) is 17.9 Å².